The van der Waals surface area contributed by atoms with Crippen molar-refractivity contribution in [3.05, 3.63) is 81.1 Å². The van der Waals surface area contributed by atoms with Crippen molar-refractivity contribution in [3.8, 4) is 0 Å². The van der Waals surface area contributed by atoms with Crippen LogP contribution in [0.1, 0.15) is 35.2 Å². The summed E-state index contributed by atoms with van der Waals surface area (Å²) in [6, 6.07) is 14.5. The molecule has 8 heteroatoms. The first-order valence-corrected chi connectivity index (χ1v) is 11.8. The van der Waals surface area contributed by atoms with E-state index in [0.717, 1.165) is 31.2 Å². The van der Waals surface area contributed by atoms with E-state index in [0.29, 0.717) is 21.7 Å². The Bertz CT molecular complexity index is 1220. The number of hydrogen-bond donors (Lipinski definition) is 2. The Morgan fingerprint density at radius 1 is 1.18 bits per heavy atom. The number of amides is 1. The first kappa shape index (κ1) is 24.0. The number of hydrogen-bond acceptors (Lipinski definition) is 5. The van der Waals surface area contributed by atoms with E-state index in [4.69, 9.17) is 16.3 Å². The van der Waals surface area contributed by atoms with E-state index >= 15 is 0 Å². The predicted molar refractivity (Wildman–Crippen MR) is 132 cm³/mol. The molecule has 1 fully saturated rings. The Morgan fingerprint density at radius 3 is 2.71 bits per heavy atom. The monoisotopic (exact) mass is 481 g/mol. The summed E-state index contributed by atoms with van der Waals surface area (Å²) in [5.74, 6) is -0.937. The lowest BCUT2D eigenvalue weighted by Gasteiger charge is -2.32. The molecule has 0 radical (unpaired) electrons. The number of pyridine rings is 1. The second-order valence-electron chi connectivity index (χ2n) is 8.70. The number of esters is 1. The van der Waals surface area contributed by atoms with Crippen molar-refractivity contribution < 1.29 is 14.3 Å². The van der Waals surface area contributed by atoms with Gasteiger partial charge in [-0.25, -0.2) is 4.79 Å². The second kappa shape index (κ2) is 10.8. The minimum absolute atomic E-state index is 0.128. The predicted octanol–water partition coefficient (Wildman–Crippen LogP) is 3.55. The Kier molecular flexibility index (Phi) is 7.65. The van der Waals surface area contributed by atoms with Crippen LogP contribution in [0, 0.1) is 0 Å². The molecule has 1 aliphatic rings. The largest absolute Gasteiger partial charge is 0.462 e. The van der Waals surface area contributed by atoms with Crippen molar-refractivity contribution in [1.82, 2.24) is 15.2 Å². The number of para-hydroxylation sites is 1. The van der Waals surface area contributed by atoms with Gasteiger partial charge in [-0.15, -0.1) is 0 Å². The van der Waals surface area contributed by atoms with Gasteiger partial charge in [-0.1, -0.05) is 36.2 Å². The highest BCUT2D eigenvalue weighted by molar-refractivity contribution is 6.30. The second-order valence-corrected chi connectivity index (χ2v) is 9.14. The Hall–Kier alpha value is -3.16. The van der Waals surface area contributed by atoms with Gasteiger partial charge in [0.05, 0.1) is 0 Å². The number of aromatic amines is 1. The van der Waals surface area contributed by atoms with Gasteiger partial charge in [0.25, 0.3) is 5.91 Å². The number of H-pyrrole nitrogens is 1. The van der Waals surface area contributed by atoms with Crippen LogP contribution in [-0.4, -0.2) is 54.0 Å². The molecule has 7 nitrogen and oxygen atoms in total. The average Bonchev–Trinajstić information content (AvgIpc) is 2.83. The zero-order chi connectivity index (χ0) is 24.1. The van der Waals surface area contributed by atoms with Gasteiger partial charge >= 0.3 is 5.97 Å². The van der Waals surface area contributed by atoms with Gasteiger partial charge in [-0.05, 0) is 62.3 Å². The van der Waals surface area contributed by atoms with Crippen LogP contribution in [0.25, 0.3) is 10.9 Å². The van der Waals surface area contributed by atoms with E-state index in [2.05, 4.69) is 15.2 Å². The number of fused-ring (bicyclic) bond motifs is 1. The van der Waals surface area contributed by atoms with Crippen molar-refractivity contribution in [2.75, 3.05) is 20.2 Å². The molecular weight excluding hydrogens is 454 g/mol. The van der Waals surface area contributed by atoms with Gasteiger partial charge in [0, 0.05) is 40.0 Å². The van der Waals surface area contributed by atoms with Gasteiger partial charge in [0.15, 0.2) is 0 Å². The summed E-state index contributed by atoms with van der Waals surface area (Å²) in [5, 5.41) is 4.13. The van der Waals surface area contributed by atoms with E-state index in [1.165, 1.54) is 6.07 Å². The third-order valence-electron chi connectivity index (χ3n) is 6.30. The van der Waals surface area contributed by atoms with E-state index in [1.807, 2.05) is 25.2 Å². The summed E-state index contributed by atoms with van der Waals surface area (Å²) in [6.07, 6.45) is 3.33. The standard InChI is InChI=1S/C26H28ClN3O4/c1-30-13-5-4-6-20(30)16-34-26(33)23(29-25(32)17-9-11-19(27)12-10-17)14-18-15-24(31)28-22-8-3-2-7-21(18)22/h2-3,7-12,15,20,23H,4-6,13-14,16H2,1H3,(H,28,31)(H,29,32). The highest BCUT2D eigenvalue weighted by atomic mass is 35.5. The lowest BCUT2D eigenvalue weighted by atomic mass is 10.0. The van der Waals surface area contributed by atoms with Crippen molar-refractivity contribution >= 4 is 34.4 Å². The van der Waals surface area contributed by atoms with Gasteiger partial charge in [-0.2, -0.15) is 0 Å². The number of likely N-dealkylation sites (tertiary alicyclic amines) is 1. The van der Waals surface area contributed by atoms with Crippen LogP contribution in [-0.2, 0) is 16.0 Å². The lowest BCUT2D eigenvalue weighted by molar-refractivity contribution is -0.148. The zero-order valence-corrected chi connectivity index (χ0v) is 19.8. The molecule has 2 unspecified atom stereocenters. The number of nitrogens with one attached hydrogen (secondary N) is 2. The summed E-state index contributed by atoms with van der Waals surface area (Å²) in [4.78, 5) is 43.3. The number of aromatic nitrogens is 1. The molecule has 1 saturated heterocycles. The first-order valence-electron chi connectivity index (χ1n) is 11.4. The number of likely N-dealkylation sites (N-methyl/N-ethyl adjacent to an activating group) is 1. The van der Waals surface area contributed by atoms with Crippen LogP contribution in [0.4, 0.5) is 0 Å². The van der Waals surface area contributed by atoms with Crippen LogP contribution in [0.15, 0.2) is 59.4 Å². The van der Waals surface area contributed by atoms with E-state index in [-0.39, 0.29) is 24.6 Å². The smallest absolute Gasteiger partial charge is 0.329 e. The molecular formula is C26H28ClN3O4. The van der Waals surface area contributed by atoms with Crippen molar-refractivity contribution in [1.29, 1.82) is 0 Å². The Balaban J connectivity index is 1.57. The highest BCUT2D eigenvalue weighted by Crippen LogP contribution is 2.19. The number of halogens is 1. The Labute approximate surface area is 203 Å². The van der Waals surface area contributed by atoms with E-state index in [1.54, 1.807) is 30.3 Å². The molecule has 1 amide bonds. The minimum Gasteiger partial charge on any atom is -0.462 e. The maximum Gasteiger partial charge on any atom is 0.329 e. The fourth-order valence-corrected chi connectivity index (χ4v) is 4.46. The lowest BCUT2D eigenvalue weighted by Crippen LogP contribution is -2.46. The SMILES string of the molecule is CN1CCCCC1COC(=O)C(Cc1cc(=O)[nH]c2ccccc12)NC(=O)c1ccc(Cl)cc1. The molecule has 0 spiro atoms. The van der Waals surface area contributed by atoms with Crippen molar-refractivity contribution in [2.45, 2.75) is 37.8 Å². The molecule has 4 rings (SSSR count). The number of carbonyl (C=O) groups is 2. The topological polar surface area (TPSA) is 91.5 Å². The number of benzene rings is 2. The number of piperidine rings is 1. The number of nitrogens with zero attached hydrogens (tertiary/aromatic N) is 1. The van der Waals surface area contributed by atoms with E-state index in [9.17, 15) is 14.4 Å². The van der Waals surface area contributed by atoms with Gasteiger partial charge in [0.2, 0.25) is 5.56 Å². The number of carbonyl (C=O) groups excluding carboxylic acids is 2. The molecule has 2 atom stereocenters. The van der Waals surface area contributed by atoms with Crippen molar-refractivity contribution in [2.24, 2.45) is 0 Å². The molecule has 3 aromatic rings. The molecule has 34 heavy (non-hydrogen) atoms. The molecule has 2 aromatic carbocycles. The maximum atomic E-state index is 13.2. The first-order chi connectivity index (χ1) is 16.4. The van der Waals surface area contributed by atoms with Gasteiger partial charge in [-0.3, -0.25) is 9.59 Å². The molecule has 178 valence electrons. The van der Waals surface area contributed by atoms with Crippen LogP contribution in [0.2, 0.25) is 5.02 Å². The fourth-order valence-electron chi connectivity index (χ4n) is 4.34. The maximum absolute atomic E-state index is 13.2. The molecule has 2 heterocycles. The zero-order valence-electron chi connectivity index (χ0n) is 19.1. The summed E-state index contributed by atoms with van der Waals surface area (Å²) in [5.41, 5.74) is 1.44. The summed E-state index contributed by atoms with van der Waals surface area (Å²) >= 11 is 5.93. The van der Waals surface area contributed by atoms with Gasteiger partial charge in [0.1, 0.15) is 12.6 Å². The minimum atomic E-state index is -0.956. The third kappa shape index (κ3) is 5.85. The fraction of sp³-hybridized carbons (Fsp3) is 0.346. The van der Waals surface area contributed by atoms with Crippen LogP contribution in [0.3, 0.4) is 0 Å². The van der Waals surface area contributed by atoms with Crippen LogP contribution < -0.4 is 10.9 Å². The van der Waals surface area contributed by atoms with Crippen molar-refractivity contribution in [3.63, 3.8) is 0 Å². The molecule has 2 N–H and O–H groups in total. The highest BCUT2D eigenvalue weighted by Gasteiger charge is 2.27. The normalized spacial score (nSPS) is 17.3. The molecule has 0 saturated carbocycles. The Morgan fingerprint density at radius 2 is 1.94 bits per heavy atom. The van der Waals surface area contributed by atoms with E-state index < -0.39 is 17.9 Å². The summed E-state index contributed by atoms with van der Waals surface area (Å²) < 4.78 is 5.68. The molecule has 0 bridgehead atoms. The summed E-state index contributed by atoms with van der Waals surface area (Å²) in [7, 11) is 2.03. The third-order valence-corrected chi connectivity index (χ3v) is 6.55. The molecule has 1 aromatic heterocycles. The molecule has 1 aliphatic heterocycles. The quantitative estimate of drug-likeness (QED) is 0.503. The van der Waals surface area contributed by atoms with Crippen LogP contribution in [0.5, 0.6) is 0 Å². The van der Waals surface area contributed by atoms with Crippen LogP contribution >= 0.6 is 11.6 Å². The van der Waals surface area contributed by atoms with Gasteiger partial charge < -0.3 is 19.9 Å². The average molecular weight is 482 g/mol. The summed E-state index contributed by atoms with van der Waals surface area (Å²) in [6.45, 7) is 1.23. The molecule has 0 aliphatic carbocycles. The number of rotatable bonds is 7. The number of ether oxygens (including phenoxy) is 1.